The smallest absolute Gasteiger partial charge is 0.304 e. The van der Waals surface area contributed by atoms with Crippen LogP contribution in [0.1, 0.15) is 38.5 Å². The molecule has 0 radical (unpaired) electrons. The minimum absolute atomic E-state index is 0.00280. The summed E-state index contributed by atoms with van der Waals surface area (Å²) in [6.07, 6.45) is 5.21. The van der Waals surface area contributed by atoms with Gasteiger partial charge in [-0.05, 0) is 43.4 Å². The summed E-state index contributed by atoms with van der Waals surface area (Å²) in [6, 6.07) is 0. The summed E-state index contributed by atoms with van der Waals surface area (Å²) in [5.74, 6) is -0.0762. The van der Waals surface area contributed by atoms with Gasteiger partial charge >= 0.3 is 5.97 Å². The van der Waals surface area contributed by atoms with Gasteiger partial charge in [0, 0.05) is 6.54 Å². The first-order valence-corrected chi connectivity index (χ1v) is 7.75. The van der Waals surface area contributed by atoms with Gasteiger partial charge in [0.1, 0.15) is 0 Å². The van der Waals surface area contributed by atoms with Gasteiger partial charge in [-0.2, -0.15) is 0 Å². The zero-order valence-corrected chi connectivity index (χ0v) is 10.6. The molecule has 17 heavy (non-hydrogen) atoms. The van der Waals surface area contributed by atoms with Gasteiger partial charge in [0.25, 0.3) is 0 Å². The maximum absolute atomic E-state index is 11.8. The Hall–Kier alpha value is -0.620. The quantitative estimate of drug-likeness (QED) is 0.746. The van der Waals surface area contributed by atoms with Crippen LogP contribution in [0.15, 0.2) is 0 Å². The third kappa shape index (κ3) is 3.19. The molecule has 0 aliphatic heterocycles. The van der Waals surface area contributed by atoms with Crippen molar-refractivity contribution in [2.75, 3.05) is 12.3 Å². The Morgan fingerprint density at radius 2 is 2.00 bits per heavy atom. The summed E-state index contributed by atoms with van der Waals surface area (Å²) in [4.78, 5) is 10.3. The molecule has 2 N–H and O–H groups in total. The summed E-state index contributed by atoms with van der Waals surface area (Å²) in [5.41, 5.74) is -0.0142. The Labute approximate surface area is 102 Å². The van der Waals surface area contributed by atoms with E-state index in [1.165, 1.54) is 0 Å². The largest absolute Gasteiger partial charge is 0.481 e. The van der Waals surface area contributed by atoms with E-state index in [2.05, 4.69) is 4.72 Å². The van der Waals surface area contributed by atoms with Gasteiger partial charge in [-0.25, -0.2) is 13.1 Å². The van der Waals surface area contributed by atoms with Crippen molar-refractivity contribution < 1.29 is 18.3 Å². The third-order valence-electron chi connectivity index (χ3n) is 4.04. The highest BCUT2D eigenvalue weighted by molar-refractivity contribution is 7.89. The predicted molar refractivity (Wildman–Crippen MR) is 63.1 cm³/mol. The molecular formula is C11H19NO4S. The van der Waals surface area contributed by atoms with E-state index in [0.717, 1.165) is 38.0 Å². The van der Waals surface area contributed by atoms with E-state index >= 15 is 0 Å². The fraction of sp³-hybridized carbons (Fsp3) is 0.909. The van der Waals surface area contributed by atoms with Crippen molar-refractivity contribution in [1.82, 2.24) is 4.72 Å². The van der Waals surface area contributed by atoms with Crippen molar-refractivity contribution in [3.63, 3.8) is 0 Å². The van der Waals surface area contributed by atoms with Gasteiger partial charge < -0.3 is 5.11 Å². The van der Waals surface area contributed by atoms with Gasteiger partial charge in [-0.3, -0.25) is 4.79 Å². The molecule has 2 saturated carbocycles. The standard InChI is InChI=1S/C11H19NO4S/c13-10(14)3-6-12-17(15,16)8-11-4-1-9(7-11)2-5-11/h9,12H,1-8H2,(H,13,14). The molecule has 0 unspecified atom stereocenters. The molecule has 5 nitrogen and oxygen atoms in total. The first-order chi connectivity index (χ1) is 7.91. The van der Waals surface area contributed by atoms with Gasteiger partial charge in [-0.1, -0.05) is 0 Å². The van der Waals surface area contributed by atoms with E-state index in [1.807, 2.05) is 0 Å². The lowest BCUT2D eigenvalue weighted by Crippen LogP contribution is -2.35. The fourth-order valence-electron chi connectivity index (χ4n) is 3.28. The molecule has 0 spiro atoms. The number of carboxylic acid groups (broad SMARTS) is 1. The second kappa shape index (κ2) is 4.57. The number of hydrogen-bond acceptors (Lipinski definition) is 3. The lowest BCUT2D eigenvalue weighted by atomic mass is 9.87. The molecule has 2 fully saturated rings. The topological polar surface area (TPSA) is 83.5 Å². The van der Waals surface area contributed by atoms with Crippen LogP contribution in [0.5, 0.6) is 0 Å². The molecule has 2 bridgehead atoms. The van der Waals surface area contributed by atoms with Crippen molar-refractivity contribution in [1.29, 1.82) is 0 Å². The van der Waals surface area contributed by atoms with Crippen LogP contribution in [0.25, 0.3) is 0 Å². The number of carbonyl (C=O) groups is 1. The number of fused-ring (bicyclic) bond motifs is 2. The summed E-state index contributed by atoms with van der Waals surface area (Å²) < 4.78 is 26.1. The maximum Gasteiger partial charge on any atom is 0.304 e. The van der Waals surface area contributed by atoms with Crippen LogP contribution in [0, 0.1) is 11.3 Å². The van der Waals surface area contributed by atoms with Crippen LogP contribution in [-0.4, -0.2) is 31.8 Å². The first kappa shape index (κ1) is 12.8. The van der Waals surface area contributed by atoms with Gasteiger partial charge in [-0.15, -0.1) is 0 Å². The highest BCUT2D eigenvalue weighted by Gasteiger charge is 2.47. The summed E-state index contributed by atoms with van der Waals surface area (Å²) >= 11 is 0. The van der Waals surface area contributed by atoms with Crippen LogP contribution in [0.4, 0.5) is 0 Å². The third-order valence-corrected chi connectivity index (χ3v) is 5.68. The minimum Gasteiger partial charge on any atom is -0.481 e. The Bertz CT molecular complexity index is 396. The van der Waals surface area contributed by atoms with Crippen molar-refractivity contribution in [3.8, 4) is 0 Å². The van der Waals surface area contributed by atoms with Crippen molar-refractivity contribution >= 4 is 16.0 Å². The van der Waals surface area contributed by atoms with E-state index in [9.17, 15) is 13.2 Å². The van der Waals surface area contributed by atoms with E-state index in [0.29, 0.717) is 0 Å². The minimum atomic E-state index is -3.32. The Morgan fingerprint density at radius 3 is 2.47 bits per heavy atom. The molecular weight excluding hydrogens is 242 g/mol. The van der Waals surface area contributed by atoms with Crippen molar-refractivity contribution in [3.05, 3.63) is 0 Å². The lowest BCUT2D eigenvalue weighted by molar-refractivity contribution is -0.136. The molecule has 2 rings (SSSR count). The van der Waals surface area contributed by atoms with Crippen molar-refractivity contribution in [2.45, 2.75) is 38.5 Å². The lowest BCUT2D eigenvalue weighted by Gasteiger charge is -2.25. The maximum atomic E-state index is 11.8. The molecule has 0 amide bonds. The zero-order valence-electron chi connectivity index (χ0n) is 9.81. The fourth-order valence-corrected chi connectivity index (χ4v) is 5.01. The van der Waals surface area contributed by atoms with Gasteiger partial charge in [0.2, 0.25) is 10.0 Å². The molecule has 0 saturated heterocycles. The van der Waals surface area contributed by atoms with Crippen molar-refractivity contribution in [2.24, 2.45) is 11.3 Å². The molecule has 98 valence electrons. The monoisotopic (exact) mass is 261 g/mol. The van der Waals surface area contributed by atoms with E-state index < -0.39 is 16.0 Å². The highest BCUT2D eigenvalue weighted by Crippen LogP contribution is 2.54. The molecule has 2 aliphatic rings. The Kier molecular flexibility index (Phi) is 3.45. The average molecular weight is 261 g/mol. The number of nitrogens with one attached hydrogen (secondary N) is 1. The first-order valence-electron chi connectivity index (χ1n) is 6.10. The van der Waals surface area contributed by atoms with Crippen LogP contribution >= 0.6 is 0 Å². The molecule has 0 aromatic carbocycles. The van der Waals surface area contributed by atoms with E-state index in [1.54, 1.807) is 0 Å². The summed E-state index contributed by atoms with van der Waals surface area (Å²) in [6.45, 7) is -0.00280. The molecule has 0 aromatic rings. The number of sulfonamides is 1. The average Bonchev–Trinajstić information content (AvgIpc) is 2.74. The van der Waals surface area contributed by atoms with E-state index in [-0.39, 0.29) is 24.1 Å². The van der Waals surface area contributed by atoms with Gasteiger partial charge in [0.15, 0.2) is 0 Å². The molecule has 2 aliphatic carbocycles. The number of aliphatic carboxylic acids is 1. The predicted octanol–water partition coefficient (Wildman–Crippen LogP) is 0.961. The van der Waals surface area contributed by atoms with Crippen LogP contribution in [0.2, 0.25) is 0 Å². The molecule has 6 heteroatoms. The van der Waals surface area contributed by atoms with Crippen LogP contribution < -0.4 is 4.72 Å². The molecule has 0 heterocycles. The van der Waals surface area contributed by atoms with Gasteiger partial charge in [0.05, 0.1) is 12.2 Å². The normalized spacial score (nSPS) is 31.9. The second-order valence-electron chi connectivity index (χ2n) is 5.44. The second-order valence-corrected chi connectivity index (χ2v) is 7.25. The molecule has 0 atom stereocenters. The highest BCUT2D eigenvalue weighted by atomic mass is 32.2. The number of hydrogen-bond donors (Lipinski definition) is 2. The van der Waals surface area contributed by atoms with E-state index in [4.69, 9.17) is 5.11 Å². The Morgan fingerprint density at radius 1 is 1.35 bits per heavy atom. The zero-order chi connectivity index (χ0) is 12.5. The number of carboxylic acids is 1. The number of rotatable bonds is 6. The van der Waals surface area contributed by atoms with Crippen LogP contribution in [0.3, 0.4) is 0 Å². The summed E-state index contributed by atoms with van der Waals surface area (Å²) in [7, 11) is -3.32. The molecule has 0 aromatic heterocycles. The Balaban J connectivity index is 1.87. The summed E-state index contributed by atoms with van der Waals surface area (Å²) in [5, 5.41) is 8.46. The van der Waals surface area contributed by atoms with Crippen LogP contribution in [-0.2, 0) is 14.8 Å². The SMILES string of the molecule is O=C(O)CCNS(=O)(=O)CC12CCC(CC1)C2.